The Morgan fingerprint density at radius 1 is 0.917 bits per heavy atom. The number of carbonyl (C=O) groups excluding carboxylic acids is 2. The van der Waals surface area contributed by atoms with Crippen LogP contribution in [0.15, 0.2) is 53.4 Å². The van der Waals surface area contributed by atoms with Gasteiger partial charge < -0.3 is 15.2 Å². The summed E-state index contributed by atoms with van der Waals surface area (Å²) in [6.45, 7) is 0. The number of hydrogen-bond acceptors (Lipinski definition) is 5. The van der Waals surface area contributed by atoms with Crippen molar-refractivity contribution in [2.24, 2.45) is 0 Å². The fourth-order valence-corrected chi connectivity index (χ4v) is 2.78. The summed E-state index contributed by atoms with van der Waals surface area (Å²) in [7, 11) is -0.705. The molecule has 0 heterocycles. The molecule has 126 valence electrons. The molecule has 0 aliphatic rings. The predicted molar refractivity (Wildman–Crippen MR) is 86.0 cm³/mol. The summed E-state index contributed by atoms with van der Waals surface area (Å²) in [4.78, 5) is 22.9. The van der Waals surface area contributed by atoms with Gasteiger partial charge in [0.15, 0.2) is 0 Å². The second kappa shape index (κ2) is 6.81. The van der Waals surface area contributed by atoms with Crippen LogP contribution in [0.25, 0.3) is 0 Å². The lowest BCUT2D eigenvalue weighted by molar-refractivity contribution is -0.255. The maximum absolute atomic E-state index is 12.1. The van der Waals surface area contributed by atoms with Gasteiger partial charge in [0.25, 0.3) is 5.91 Å². The van der Waals surface area contributed by atoms with Crippen LogP contribution in [0.4, 0.5) is 5.69 Å². The molecule has 0 atom stereocenters. The highest BCUT2D eigenvalue weighted by Crippen LogP contribution is 2.16. The predicted octanol–water partition coefficient (Wildman–Crippen LogP) is 0.553. The van der Waals surface area contributed by atoms with Gasteiger partial charge in [0.1, 0.15) is 0 Å². The summed E-state index contributed by atoms with van der Waals surface area (Å²) in [6, 6.07) is 11.0. The summed E-state index contributed by atoms with van der Waals surface area (Å²) in [5.74, 6) is -1.74. The van der Waals surface area contributed by atoms with Gasteiger partial charge in [-0.15, -0.1) is 0 Å². The quantitative estimate of drug-likeness (QED) is 0.850. The number of carboxylic acid groups (broad SMARTS) is 1. The van der Waals surface area contributed by atoms with Crippen LogP contribution in [0.2, 0.25) is 0 Å². The van der Waals surface area contributed by atoms with E-state index in [-0.39, 0.29) is 16.0 Å². The monoisotopic (exact) mass is 347 g/mol. The number of anilines is 1. The minimum atomic E-state index is -3.55. The number of rotatable bonds is 5. The van der Waals surface area contributed by atoms with Crippen molar-refractivity contribution in [1.29, 1.82) is 0 Å². The molecule has 24 heavy (non-hydrogen) atoms. The topological polar surface area (TPSA) is 107 Å². The first-order chi connectivity index (χ1) is 11.2. The highest BCUT2D eigenvalue weighted by molar-refractivity contribution is 7.89. The van der Waals surface area contributed by atoms with Crippen molar-refractivity contribution in [3.8, 4) is 0 Å². The number of carbonyl (C=O) groups is 2. The van der Waals surface area contributed by atoms with Crippen LogP contribution in [0, 0.1) is 0 Å². The van der Waals surface area contributed by atoms with E-state index in [0.717, 1.165) is 4.31 Å². The van der Waals surface area contributed by atoms with Gasteiger partial charge in [-0.3, -0.25) is 4.79 Å². The van der Waals surface area contributed by atoms with Crippen LogP contribution in [-0.2, 0) is 10.0 Å². The summed E-state index contributed by atoms with van der Waals surface area (Å²) < 4.78 is 25.0. The van der Waals surface area contributed by atoms with E-state index in [9.17, 15) is 23.1 Å². The Kier molecular flexibility index (Phi) is 5.01. The third-order valence-electron chi connectivity index (χ3n) is 3.27. The van der Waals surface area contributed by atoms with Crippen molar-refractivity contribution < 1.29 is 23.1 Å². The van der Waals surface area contributed by atoms with Gasteiger partial charge in [0.05, 0.1) is 10.9 Å². The minimum Gasteiger partial charge on any atom is -0.545 e. The van der Waals surface area contributed by atoms with E-state index < -0.39 is 21.9 Å². The molecule has 1 amide bonds. The first kappa shape index (κ1) is 17.6. The Hall–Kier alpha value is -2.71. The van der Waals surface area contributed by atoms with Gasteiger partial charge in [-0.05, 0) is 42.0 Å². The first-order valence-corrected chi connectivity index (χ1v) is 8.31. The maximum Gasteiger partial charge on any atom is 0.255 e. The van der Waals surface area contributed by atoms with E-state index in [2.05, 4.69) is 5.32 Å². The van der Waals surface area contributed by atoms with Gasteiger partial charge >= 0.3 is 0 Å². The third kappa shape index (κ3) is 3.79. The number of carboxylic acids is 1. The molecule has 0 aliphatic carbocycles. The molecule has 0 unspecified atom stereocenters. The standard InChI is InChI=1S/C16H16N2O5S/c1-18(2)24(22,23)14-9-5-11(6-10-14)15(19)17-13-7-3-12(4-8-13)16(20)21/h3-10H,1-2H3,(H,17,19)(H,20,21)/p-1. The van der Waals surface area contributed by atoms with E-state index >= 15 is 0 Å². The molecule has 8 heteroatoms. The van der Waals surface area contributed by atoms with Gasteiger partial charge in [0, 0.05) is 25.3 Å². The molecular weight excluding hydrogens is 332 g/mol. The van der Waals surface area contributed by atoms with Crippen LogP contribution >= 0.6 is 0 Å². The lowest BCUT2D eigenvalue weighted by Crippen LogP contribution is -2.22. The molecule has 0 saturated heterocycles. The zero-order chi connectivity index (χ0) is 17.9. The highest BCUT2D eigenvalue weighted by Gasteiger charge is 2.17. The van der Waals surface area contributed by atoms with Crippen LogP contribution in [0.5, 0.6) is 0 Å². The summed E-state index contributed by atoms with van der Waals surface area (Å²) >= 11 is 0. The second-order valence-electron chi connectivity index (χ2n) is 5.13. The van der Waals surface area contributed by atoms with Crippen molar-refractivity contribution in [1.82, 2.24) is 4.31 Å². The molecule has 0 fully saturated rings. The Morgan fingerprint density at radius 2 is 1.42 bits per heavy atom. The molecule has 2 aromatic carbocycles. The second-order valence-corrected chi connectivity index (χ2v) is 7.28. The number of amides is 1. The number of hydrogen-bond donors (Lipinski definition) is 1. The number of nitrogens with one attached hydrogen (secondary N) is 1. The SMILES string of the molecule is CN(C)S(=O)(=O)c1ccc(C(=O)Nc2ccc(C(=O)[O-])cc2)cc1. The molecule has 2 rings (SSSR count). The summed E-state index contributed by atoms with van der Waals surface area (Å²) in [5, 5.41) is 13.3. The molecule has 0 radical (unpaired) electrons. The molecule has 7 nitrogen and oxygen atoms in total. The zero-order valence-electron chi connectivity index (χ0n) is 13.0. The Labute approximate surface area is 139 Å². The highest BCUT2D eigenvalue weighted by atomic mass is 32.2. The van der Waals surface area contributed by atoms with Gasteiger partial charge in [0.2, 0.25) is 10.0 Å². The molecule has 0 bridgehead atoms. The van der Waals surface area contributed by atoms with Gasteiger partial charge in [-0.2, -0.15) is 0 Å². The normalized spacial score (nSPS) is 11.3. The number of sulfonamides is 1. The lowest BCUT2D eigenvalue weighted by atomic mass is 10.2. The summed E-state index contributed by atoms with van der Waals surface area (Å²) in [6.07, 6.45) is 0. The largest absolute Gasteiger partial charge is 0.545 e. The van der Waals surface area contributed by atoms with Gasteiger partial charge in [-0.25, -0.2) is 12.7 Å². The van der Waals surface area contributed by atoms with E-state index in [1.807, 2.05) is 0 Å². The van der Waals surface area contributed by atoms with E-state index in [1.54, 1.807) is 0 Å². The summed E-state index contributed by atoms with van der Waals surface area (Å²) in [5.41, 5.74) is 0.693. The van der Waals surface area contributed by atoms with Crippen molar-refractivity contribution in [2.75, 3.05) is 19.4 Å². The Morgan fingerprint density at radius 3 is 1.88 bits per heavy atom. The Bertz CT molecular complexity index is 856. The molecule has 0 saturated carbocycles. The lowest BCUT2D eigenvalue weighted by Gasteiger charge is -2.12. The molecule has 1 N–H and O–H groups in total. The fraction of sp³-hybridized carbons (Fsp3) is 0.125. The van der Waals surface area contributed by atoms with Crippen molar-refractivity contribution in [3.05, 3.63) is 59.7 Å². The number of nitrogens with zero attached hydrogens (tertiary/aromatic N) is 1. The van der Waals surface area contributed by atoms with E-state index in [0.29, 0.717) is 5.69 Å². The Balaban J connectivity index is 2.14. The maximum atomic E-state index is 12.1. The van der Waals surface area contributed by atoms with Crippen LogP contribution in [0.1, 0.15) is 20.7 Å². The van der Waals surface area contributed by atoms with Gasteiger partial charge in [-0.1, -0.05) is 12.1 Å². The van der Waals surface area contributed by atoms with Crippen molar-refractivity contribution in [2.45, 2.75) is 4.90 Å². The molecule has 2 aromatic rings. The van der Waals surface area contributed by atoms with Crippen molar-refractivity contribution >= 4 is 27.6 Å². The van der Waals surface area contributed by atoms with E-state index in [1.165, 1.54) is 62.6 Å². The molecule has 0 aliphatic heterocycles. The fourth-order valence-electron chi connectivity index (χ4n) is 1.88. The zero-order valence-corrected chi connectivity index (χ0v) is 13.8. The average molecular weight is 347 g/mol. The van der Waals surface area contributed by atoms with Crippen LogP contribution < -0.4 is 10.4 Å². The smallest absolute Gasteiger partial charge is 0.255 e. The first-order valence-electron chi connectivity index (χ1n) is 6.87. The number of benzene rings is 2. The average Bonchev–Trinajstić information content (AvgIpc) is 2.55. The van der Waals surface area contributed by atoms with Crippen LogP contribution in [-0.4, -0.2) is 38.7 Å². The van der Waals surface area contributed by atoms with E-state index in [4.69, 9.17) is 0 Å². The van der Waals surface area contributed by atoms with Crippen LogP contribution in [0.3, 0.4) is 0 Å². The molecule has 0 aromatic heterocycles. The molecular formula is C16H15N2O5S-. The molecule has 0 spiro atoms. The minimum absolute atomic E-state index is 0.00578. The van der Waals surface area contributed by atoms with Crippen molar-refractivity contribution in [3.63, 3.8) is 0 Å². The number of aromatic carboxylic acids is 1. The third-order valence-corrected chi connectivity index (χ3v) is 5.10.